The van der Waals surface area contributed by atoms with Gasteiger partial charge in [-0.3, -0.25) is 4.79 Å². The number of amides is 1. The second kappa shape index (κ2) is 4.25. The molecule has 4 nitrogen and oxygen atoms in total. The highest BCUT2D eigenvalue weighted by Crippen LogP contribution is 2.49. The number of methoxy groups -OCH3 is 1. The van der Waals surface area contributed by atoms with E-state index in [4.69, 9.17) is 10.5 Å². The van der Waals surface area contributed by atoms with Crippen LogP contribution in [0.15, 0.2) is 0 Å². The van der Waals surface area contributed by atoms with Crippen LogP contribution in [0.1, 0.15) is 46.0 Å². The highest BCUT2D eigenvalue weighted by Gasteiger charge is 2.56. The van der Waals surface area contributed by atoms with Gasteiger partial charge >= 0.3 is 0 Å². The number of carbonyl (C=O) groups excluding carboxylic acids is 1. The van der Waals surface area contributed by atoms with Crippen molar-refractivity contribution in [2.24, 2.45) is 11.1 Å². The molecule has 17 heavy (non-hydrogen) atoms. The highest BCUT2D eigenvalue weighted by atomic mass is 16.5. The number of nitrogens with one attached hydrogen (secondary N) is 1. The molecule has 0 aromatic heterocycles. The summed E-state index contributed by atoms with van der Waals surface area (Å²) >= 11 is 0. The lowest BCUT2D eigenvalue weighted by Crippen LogP contribution is -2.65. The van der Waals surface area contributed by atoms with Crippen LogP contribution in [0, 0.1) is 5.41 Å². The number of hydrogen-bond donors (Lipinski definition) is 2. The molecule has 3 N–H and O–H groups in total. The fourth-order valence-corrected chi connectivity index (χ4v) is 3.14. The molecule has 0 aliphatic heterocycles. The maximum Gasteiger partial charge on any atom is 0.240 e. The van der Waals surface area contributed by atoms with Crippen LogP contribution in [-0.2, 0) is 9.53 Å². The zero-order valence-corrected chi connectivity index (χ0v) is 11.1. The normalized spacial score (nSPS) is 32.7. The first kappa shape index (κ1) is 12.8. The minimum absolute atomic E-state index is 0.0309. The Balaban J connectivity index is 2.00. The SMILES string of the molecule is CCC1(CC)C(NC(=O)C2(N)CC2)CC1OC. The Hall–Kier alpha value is -0.610. The van der Waals surface area contributed by atoms with Gasteiger partial charge in [0.05, 0.1) is 11.6 Å². The van der Waals surface area contributed by atoms with E-state index in [2.05, 4.69) is 19.2 Å². The standard InChI is InChI=1S/C13H24N2O2/c1-4-12(5-2)9(8-10(12)17-3)15-11(16)13(14)6-7-13/h9-10H,4-8,14H2,1-3H3,(H,15,16). The molecule has 2 atom stereocenters. The zero-order valence-electron chi connectivity index (χ0n) is 11.1. The number of rotatable bonds is 5. The van der Waals surface area contributed by atoms with Crippen molar-refractivity contribution < 1.29 is 9.53 Å². The van der Waals surface area contributed by atoms with E-state index >= 15 is 0 Å². The van der Waals surface area contributed by atoms with Gasteiger partial charge < -0.3 is 15.8 Å². The minimum atomic E-state index is -0.564. The topological polar surface area (TPSA) is 64.4 Å². The van der Waals surface area contributed by atoms with Crippen LogP contribution in [0.5, 0.6) is 0 Å². The molecule has 0 aromatic rings. The molecule has 4 heteroatoms. The van der Waals surface area contributed by atoms with E-state index in [0.717, 1.165) is 32.1 Å². The summed E-state index contributed by atoms with van der Waals surface area (Å²) in [7, 11) is 1.76. The van der Waals surface area contributed by atoms with E-state index in [-0.39, 0.29) is 23.5 Å². The van der Waals surface area contributed by atoms with Crippen molar-refractivity contribution >= 4 is 5.91 Å². The third kappa shape index (κ3) is 1.87. The van der Waals surface area contributed by atoms with Gasteiger partial charge in [-0.1, -0.05) is 13.8 Å². The van der Waals surface area contributed by atoms with Gasteiger partial charge in [-0.15, -0.1) is 0 Å². The Labute approximate surface area is 103 Å². The van der Waals surface area contributed by atoms with Crippen molar-refractivity contribution in [3.05, 3.63) is 0 Å². The van der Waals surface area contributed by atoms with Crippen LogP contribution in [0.2, 0.25) is 0 Å². The van der Waals surface area contributed by atoms with Gasteiger partial charge in [0.2, 0.25) is 5.91 Å². The predicted molar refractivity (Wildman–Crippen MR) is 66.5 cm³/mol. The number of nitrogens with two attached hydrogens (primary N) is 1. The lowest BCUT2D eigenvalue weighted by atomic mass is 9.58. The highest BCUT2D eigenvalue weighted by molar-refractivity contribution is 5.89. The summed E-state index contributed by atoms with van der Waals surface area (Å²) in [4.78, 5) is 12.0. The lowest BCUT2D eigenvalue weighted by molar-refractivity contribution is -0.142. The molecule has 0 saturated heterocycles. The predicted octanol–water partition coefficient (Wildman–Crippen LogP) is 1.19. The molecule has 0 heterocycles. The first-order valence-electron chi connectivity index (χ1n) is 6.65. The maximum atomic E-state index is 12.0. The summed E-state index contributed by atoms with van der Waals surface area (Å²) in [6, 6.07) is 0.232. The van der Waals surface area contributed by atoms with Crippen LogP contribution < -0.4 is 11.1 Å². The zero-order chi connectivity index (χ0) is 12.7. The molecule has 2 aliphatic carbocycles. The fraction of sp³-hybridized carbons (Fsp3) is 0.923. The summed E-state index contributed by atoms with van der Waals surface area (Å²) in [5.74, 6) is 0.0309. The monoisotopic (exact) mass is 240 g/mol. The third-order valence-electron chi connectivity index (χ3n) is 4.93. The van der Waals surface area contributed by atoms with E-state index < -0.39 is 5.54 Å². The molecule has 1 amide bonds. The van der Waals surface area contributed by atoms with Gasteiger partial charge in [0, 0.05) is 18.6 Å². The smallest absolute Gasteiger partial charge is 0.240 e. The molecule has 0 bridgehead atoms. The van der Waals surface area contributed by atoms with Crippen molar-refractivity contribution in [3.63, 3.8) is 0 Å². The van der Waals surface area contributed by atoms with Crippen molar-refractivity contribution in [1.82, 2.24) is 5.32 Å². The number of carbonyl (C=O) groups is 1. The second-order valence-corrected chi connectivity index (χ2v) is 5.58. The Bertz CT molecular complexity index is 309. The van der Waals surface area contributed by atoms with Gasteiger partial charge in [-0.25, -0.2) is 0 Å². The molecule has 2 saturated carbocycles. The Morgan fingerprint density at radius 1 is 1.41 bits per heavy atom. The van der Waals surface area contributed by atoms with E-state index in [1.165, 1.54) is 0 Å². The molecule has 0 aromatic carbocycles. The first-order chi connectivity index (χ1) is 8.02. The van der Waals surface area contributed by atoms with Crippen LogP contribution in [0.25, 0.3) is 0 Å². The molecule has 2 aliphatic rings. The summed E-state index contributed by atoms with van der Waals surface area (Å²) < 4.78 is 5.51. The van der Waals surface area contributed by atoms with Crippen LogP contribution in [0.4, 0.5) is 0 Å². The molecule has 98 valence electrons. The summed E-state index contributed by atoms with van der Waals surface area (Å²) in [5.41, 5.74) is 5.46. The fourth-order valence-electron chi connectivity index (χ4n) is 3.14. The van der Waals surface area contributed by atoms with Gasteiger partial charge in [0.1, 0.15) is 0 Å². The minimum Gasteiger partial charge on any atom is -0.381 e. The molecular formula is C13H24N2O2. The molecular weight excluding hydrogens is 216 g/mol. The van der Waals surface area contributed by atoms with E-state index in [1.807, 2.05) is 0 Å². The van der Waals surface area contributed by atoms with Gasteiger partial charge in [-0.2, -0.15) is 0 Å². The number of hydrogen-bond acceptors (Lipinski definition) is 3. The van der Waals surface area contributed by atoms with Crippen LogP contribution >= 0.6 is 0 Å². The quantitative estimate of drug-likeness (QED) is 0.758. The van der Waals surface area contributed by atoms with E-state index in [0.29, 0.717) is 0 Å². The Kier molecular flexibility index (Phi) is 3.21. The Morgan fingerprint density at radius 3 is 2.41 bits per heavy atom. The average Bonchev–Trinajstić information content (AvgIpc) is 3.05. The average molecular weight is 240 g/mol. The molecule has 2 fully saturated rings. The maximum absolute atomic E-state index is 12.0. The molecule has 2 unspecified atom stereocenters. The van der Waals surface area contributed by atoms with Gasteiger partial charge in [0.25, 0.3) is 0 Å². The lowest BCUT2D eigenvalue weighted by Gasteiger charge is -2.55. The summed E-state index contributed by atoms with van der Waals surface area (Å²) in [6.07, 6.45) is 4.90. The van der Waals surface area contributed by atoms with Crippen molar-refractivity contribution in [2.45, 2.75) is 63.6 Å². The van der Waals surface area contributed by atoms with Crippen LogP contribution in [-0.4, -0.2) is 30.7 Å². The Morgan fingerprint density at radius 2 is 2.00 bits per heavy atom. The first-order valence-corrected chi connectivity index (χ1v) is 6.65. The van der Waals surface area contributed by atoms with Crippen molar-refractivity contribution in [2.75, 3.05) is 7.11 Å². The summed E-state index contributed by atoms with van der Waals surface area (Å²) in [6.45, 7) is 4.34. The van der Waals surface area contributed by atoms with Gasteiger partial charge in [0.15, 0.2) is 0 Å². The number of ether oxygens (including phenoxy) is 1. The van der Waals surface area contributed by atoms with E-state index in [9.17, 15) is 4.79 Å². The van der Waals surface area contributed by atoms with Crippen molar-refractivity contribution in [1.29, 1.82) is 0 Å². The molecule has 0 radical (unpaired) electrons. The molecule has 0 spiro atoms. The second-order valence-electron chi connectivity index (χ2n) is 5.58. The van der Waals surface area contributed by atoms with E-state index in [1.54, 1.807) is 7.11 Å². The van der Waals surface area contributed by atoms with Crippen LogP contribution in [0.3, 0.4) is 0 Å². The van der Waals surface area contributed by atoms with Gasteiger partial charge in [-0.05, 0) is 32.1 Å². The summed E-state index contributed by atoms with van der Waals surface area (Å²) in [5, 5.41) is 3.13. The third-order valence-corrected chi connectivity index (χ3v) is 4.93. The molecule has 2 rings (SSSR count). The largest absolute Gasteiger partial charge is 0.381 e. The van der Waals surface area contributed by atoms with Crippen molar-refractivity contribution in [3.8, 4) is 0 Å².